The molecule has 24 heavy (non-hydrogen) atoms. The molecule has 2 aliphatic carbocycles. The van der Waals surface area contributed by atoms with Gasteiger partial charge >= 0.3 is 0 Å². The number of nitrogens with two attached hydrogens (primary N) is 1. The van der Waals surface area contributed by atoms with Crippen molar-refractivity contribution < 1.29 is 17.0 Å². The molecular formula is C19H24N2O3. The van der Waals surface area contributed by atoms with Crippen LogP contribution in [0.25, 0.3) is 0 Å². The normalized spacial score (nSPS) is 37.6. The number of ketones is 1. The molecule has 5 heteroatoms. The lowest BCUT2D eigenvalue weighted by atomic mass is 9.62. The van der Waals surface area contributed by atoms with Gasteiger partial charge in [0, 0.05) is 18.1 Å². The van der Waals surface area contributed by atoms with Crippen molar-refractivity contribution in [3.8, 4) is 0 Å². The first-order valence-electron chi connectivity index (χ1n) is 9.46. The minimum Gasteiger partial charge on any atom is -0.462 e. The monoisotopic (exact) mass is 330 g/mol. The highest BCUT2D eigenvalue weighted by molar-refractivity contribution is 5.94. The molecule has 0 aromatic heterocycles. The lowest BCUT2D eigenvalue weighted by molar-refractivity contribution is -0.00984. The van der Waals surface area contributed by atoms with Crippen LogP contribution in [0.15, 0.2) is 23.2 Å². The summed E-state index contributed by atoms with van der Waals surface area (Å²) in [6, 6.07) is 5.42. The molecular weight excluding hydrogens is 304 g/mol. The molecule has 0 saturated heterocycles. The molecule has 4 rings (SSSR count). The molecule has 1 saturated carbocycles. The highest BCUT2D eigenvalue weighted by atomic mass is 16.5. The largest absolute Gasteiger partial charge is 0.462 e. The molecule has 128 valence electrons. The van der Waals surface area contributed by atoms with Crippen molar-refractivity contribution in [3.63, 3.8) is 0 Å². The second kappa shape index (κ2) is 5.31. The minimum absolute atomic E-state index is 0.0524. The number of hydrogen-bond acceptors (Lipinski definition) is 5. The average Bonchev–Trinajstić information content (AvgIpc) is 3.00. The van der Waals surface area contributed by atoms with Crippen molar-refractivity contribution >= 4 is 11.8 Å². The summed E-state index contributed by atoms with van der Waals surface area (Å²) in [5.41, 5.74) is 6.54. The van der Waals surface area contributed by atoms with E-state index in [2.05, 4.69) is 4.99 Å². The second-order valence-electron chi connectivity index (χ2n) is 7.18. The van der Waals surface area contributed by atoms with Crippen LogP contribution in [0.1, 0.15) is 56.8 Å². The van der Waals surface area contributed by atoms with E-state index in [-0.39, 0.29) is 17.9 Å². The van der Waals surface area contributed by atoms with Gasteiger partial charge in [0.1, 0.15) is 12.1 Å². The molecule has 2 spiro atoms. The first kappa shape index (κ1) is 13.4. The van der Waals surface area contributed by atoms with Crippen molar-refractivity contribution in [1.29, 1.82) is 0 Å². The number of Topliss-reactive ketones (excluding diaryl/α,β-unsaturated/α-hetero) is 1. The number of nitrogens with zero attached hydrogens (tertiary/aromatic N) is 1. The van der Waals surface area contributed by atoms with Gasteiger partial charge in [-0.1, -0.05) is 12.1 Å². The molecule has 1 atom stereocenters. The summed E-state index contributed by atoms with van der Waals surface area (Å²) in [4.78, 5) is 16.5. The number of ether oxygens (including phenoxy) is 2. The van der Waals surface area contributed by atoms with E-state index >= 15 is 0 Å². The maximum absolute atomic E-state index is 11.9. The van der Waals surface area contributed by atoms with Crippen LogP contribution in [-0.4, -0.2) is 31.6 Å². The van der Waals surface area contributed by atoms with Crippen LogP contribution >= 0.6 is 0 Å². The Kier molecular flexibility index (Phi) is 2.97. The second-order valence-corrected chi connectivity index (χ2v) is 7.18. The Bertz CT molecular complexity index is 800. The van der Waals surface area contributed by atoms with E-state index in [1.54, 1.807) is 13.2 Å². The predicted octanol–water partition coefficient (Wildman–Crippen LogP) is 2.56. The van der Waals surface area contributed by atoms with Crippen molar-refractivity contribution in [2.24, 2.45) is 16.1 Å². The molecule has 1 aromatic carbocycles. The Morgan fingerprint density at radius 1 is 1.46 bits per heavy atom. The first-order valence-corrected chi connectivity index (χ1v) is 8.46. The molecule has 1 heterocycles. The number of carbonyl (C=O) groups excluding carboxylic acids is 1. The van der Waals surface area contributed by atoms with E-state index in [0.29, 0.717) is 12.0 Å². The SMILES string of the molecule is [2H]C1([2H])OC(N)=NC12c1cc(C(C)=O)ccc1C[C@]21CC[C@@H](OC)CC1. The molecule has 1 fully saturated rings. The fourth-order valence-corrected chi connectivity index (χ4v) is 4.66. The smallest absolute Gasteiger partial charge is 0.283 e. The van der Waals surface area contributed by atoms with E-state index in [1.165, 1.54) is 6.92 Å². The molecule has 3 aliphatic rings. The van der Waals surface area contributed by atoms with Crippen LogP contribution in [-0.2, 0) is 21.4 Å². The first-order chi connectivity index (χ1) is 12.2. The van der Waals surface area contributed by atoms with Crippen molar-refractivity contribution in [3.05, 3.63) is 34.9 Å². The van der Waals surface area contributed by atoms with Gasteiger partial charge in [0.05, 0.1) is 8.85 Å². The molecule has 1 aliphatic heterocycles. The van der Waals surface area contributed by atoms with E-state index in [1.807, 2.05) is 12.1 Å². The number of carbonyl (C=O) groups is 1. The van der Waals surface area contributed by atoms with Gasteiger partial charge < -0.3 is 15.2 Å². The quantitative estimate of drug-likeness (QED) is 0.846. The number of fused-ring (bicyclic) bond motifs is 3. The summed E-state index contributed by atoms with van der Waals surface area (Å²) in [5.74, 6) is -0.0524. The standard InChI is InChI=1S/C19H24N2O3/c1-12(22)13-3-4-14-10-18(7-5-15(23-2)6-8-18)19(16(14)9-13)11-24-17(20)21-19/h3-4,9,15H,5-8,10-11H2,1-2H3,(H2,20,21)/t15-,18-,19?/i11D2. The summed E-state index contributed by atoms with van der Waals surface area (Å²) < 4.78 is 28.2. The van der Waals surface area contributed by atoms with E-state index in [0.717, 1.165) is 36.8 Å². The van der Waals surface area contributed by atoms with Crippen molar-refractivity contribution in [2.45, 2.75) is 50.7 Å². The van der Waals surface area contributed by atoms with Gasteiger partial charge in [-0.2, -0.15) is 0 Å². The topological polar surface area (TPSA) is 73.9 Å². The molecule has 1 unspecified atom stereocenters. The van der Waals surface area contributed by atoms with Gasteiger partial charge in [-0.15, -0.1) is 0 Å². The number of aliphatic imine (C=N–C) groups is 1. The number of benzene rings is 1. The zero-order chi connectivity index (χ0) is 18.7. The molecule has 2 N–H and O–H groups in total. The van der Waals surface area contributed by atoms with Crippen LogP contribution in [0, 0.1) is 5.41 Å². The Hall–Kier alpha value is -1.88. The highest BCUT2D eigenvalue weighted by Crippen LogP contribution is 2.61. The van der Waals surface area contributed by atoms with Crippen LogP contribution in [0.2, 0.25) is 0 Å². The summed E-state index contributed by atoms with van der Waals surface area (Å²) in [6.45, 7) is -0.544. The van der Waals surface area contributed by atoms with Crippen LogP contribution < -0.4 is 5.73 Å². The Labute approximate surface area is 145 Å². The van der Waals surface area contributed by atoms with E-state index < -0.39 is 17.5 Å². The minimum atomic E-state index is -2.06. The van der Waals surface area contributed by atoms with Gasteiger partial charge in [0.25, 0.3) is 6.02 Å². The summed E-state index contributed by atoms with van der Waals surface area (Å²) in [7, 11) is 1.72. The third kappa shape index (κ3) is 2.04. The molecule has 5 nitrogen and oxygen atoms in total. The van der Waals surface area contributed by atoms with E-state index in [4.69, 9.17) is 17.9 Å². The van der Waals surface area contributed by atoms with Crippen molar-refractivity contribution in [1.82, 2.24) is 0 Å². The third-order valence-corrected chi connectivity index (χ3v) is 6.01. The lowest BCUT2D eigenvalue weighted by Crippen LogP contribution is -2.46. The number of hydrogen-bond donors (Lipinski definition) is 1. The van der Waals surface area contributed by atoms with Gasteiger partial charge in [0.15, 0.2) is 5.78 Å². The Morgan fingerprint density at radius 2 is 2.21 bits per heavy atom. The highest BCUT2D eigenvalue weighted by Gasteiger charge is 2.61. The van der Waals surface area contributed by atoms with Crippen molar-refractivity contribution in [2.75, 3.05) is 13.7 Å². The van der Waals surface area contributed by atoms with Crippen LogP contribution in [0.5, 0.6) is 0 Å². The summed E-state index contributed by atoms with van der Waals surface area (Å²) in [6.07, 6.45) is 4.12. The average molecular weight is 330 g/mol. The number of methoxy groups -OCH3 is 1. The number of rotatable bonds is 2. The third-order valence-electron chi connectivity index (χ3n) is 6.01. The number of amidine groups is 1. The van der Waals surface area contributed by atoms with Crippen LogP contribution in [0.3, 0.4) is 0 Å². The zero-order valence-electron chi connectivity index (χ0n) is 16.1. The Morgan fingerprint density at radius 3 is 2.79 bits per heavy atom. The summed E-state index contributed by atoms with van der Waals surface area (Å²) in [5, 5.41) is 0. The molecule has 0 amide bonds. The molecule has 1 aromatic rings. The van der Waals surface area contributed by atoms with Gasteiger partial charge in [-0.3, -0.25) is 4.79 Å². The zero-order valence-corrected chi connectivity index (χ0v) is 14.1. The fraction of sp³-hybridized carbons (Fsp3) is 0.579. The van der Waals surface area contributed by atoms with Gasteiger partial charge in [0.2, 0.25) is 0 Å². The summed E-state index contributed by atoms with van der Waals surface area (Å²) >= 11 is 0. The van der Waals surface area contributed by atoms with Gasteiger partial charge in [-0.25, -0.2) is 4.99 Å². The van der Waals surface area contributed by atoms with E-state index in [9.17, 15) is 4.79 Å². The Balaban J connectivity index is 1.91. The fourth-order valence-electron chi connectivity index (χ4n) is 4.66. The van der Waals surface area contributed by atoms with Crippen LogP contribution in [0.4, 0.5) is 0 Å². The maximum Gasteiger partial charge on any atom is 0.283 e. The molecule has 0 bridgehead atoms. The van der Waals surface area contributed by atoms with Gasteiger partial charge in [-0.05, 0) is 56.2 Å². The molecule has 0 radical (unpaired) electrons. The maximum atomic E-state index is 11.9. The predicted molar refractivity (Wildman–Crippen MR) is 91.1 cm³/mol. The lowest BCUT2D eigenvalue weighted by Gasteiger charge is -2.45.